The molecule has 3 heteroatoms. The minimum atomic E-state index is 0.345. The maximum Gasteiger partial charge on any atom is 0.111 e. The molecule has 68 valence electrons. The van der Waals surface area contributed by atoms with Crippen LogP contribution in [0.3, 0.4) is 0 Å². The van der Waals surface area contributed by atoms with E-state index in [0.29, 0.717) is 6.04 Å². The highest BCUT2D eigenvalue weighted by Gasteiger charge is 2.08. The van der Waals surface area contributed by atoms with E-state index in [4.69, 9.17) is 0 Å². The van der Waals surface area contributed by atoms with Gasteiger partial charge in [0.05, 0.1) is 16.3 Å². The van der Waals surface area contributed by atoms with Crippen molar-refractivity contribution in [3.8, 4) is 0 Å². The standard InChI is InChI=1S/C10H12N2S/c1-7(11-2)10-12-8-5-3-4-6-9(8)13-10/h3-7,11H,1-2H3. The Labute approximate surface area is 81.6 Å². The number of hydrogen-bond acceptors (Lipinski definition) is 3. The Morgan fingerprint density at radius 1 is 1.38 bits per heavy atom. The first kappa shape index (κ1) is 8.66. The molecular formula is C10H12N2S. The molecule has 2 aromatic rings. The topological polar surface area (TPSA) is 24.9 Å². The zero-order valence-corrected chi connectivity index (χ0v) is 8.56. The number of nitrogens with zero attached hydrogens (tertiary/aromatic N) is 1. The van der Waals surface area contributed by atoms with Crippen molar-refractivity contribution in [3.63, 3.8) is 0 Å². The quantitative estimate of drug-likeness (QED) is 0.791. The largest absolute Gasteiger partial charge is 0.311 e. The van der Waals surface area contributed by atoms with E-state index >= 15 is 0 Å². The first-order valence-corrected chi connectivity index (χ1v) is 5.15. The molecule has 1 N–H and O–H groups in total. The van der Waals surface area contributed by atoms with Crippen LogP contribution in [0.15, 0.2) is 24.3 Å². The van der Waals surface area contributed by atoms with Gasteiger partial charge in [0.15, 0.2) is 0 Å². The molecule has 1 heterocycles. The number of hydrogen-bond donors (Lipinski definition) is 1. The molecule has 0 saturated carbocycles. The number of fused-ring (bicyclic) bond motifs is 1. The van der Waals surface area contributed by atoms with E-state index in [1.807, 2.05) is 19.2 Å². The van der Waals surface area contributed by atoms with Crippen molar-refractivity contribution in [3.05, 3.63) is 29.3 Å². The second kappa shape index (κ2) is 3.44. The number of thiazole rings is 1. The van der Waals surface area contributed by atoms with Crippen LogP contribution in [0.5, 0.6) is 0 Å². The molecule has 0 bridgehead atoms. The zero-order chi connectivity index (χ0) is 9.26. The maximum absolute atomic E-state index is 4.54. The molecular weight excluding hydrogens is 180 g/mol. The normalized spacial score (nSPS) is 13.4. The summed E-state index contributed by atoms with van der Waals surface area (Å²) in [6.07, 6.45) is 0. The number of benzene rings is 1. The second-order valence-corrected chi connectivity index (χ2v) is 4.09. The van der Waals surface area contributed by atoms with E-state index in [-0.39, 0.29) is 0 Å². The molecule has 1 aromatic heterocycles. The monoisotopic (exact) mass is 192 g/mol. The summed E-state index contributed by atoms with van der Waals surface area (Å²) in [5.74, 6) is 0. The van der Waals surface area contributed by atoms with Gasteiger partial charge in [-0.05, 0) is 26.1 Å². The van der Waals surface area contributed by atoms with Crippen LogP contribution in [0.1, 0.15) is 18.0 Å². The Balaban J connectivity index is 2.49. The smallest absolute Gasteiger partial charge is 0.111 e. The van der Waals surface area contributed by atoms with Crippen LogP contribution in [-0.4, -0.2) is 12.0 Å². The lowest BCUT2D eigenvalue weighted by Gasteiger charge is -2.03. The van der Waals surface area contributed by atoms with Gasteiger partial charge in [-0.2, -0.15) is 0 Å². The van der Waals surface area contributed by atoms with E-state index in [9.17, 15) is 0 Å². The van der Waals surface area contributed by atoms with Crippen LogP contribution < -0.4 is 5.32 Å². The molecule has 1 unspecified atom stereocenters. The van der Waals surface area contributed by atoms with Crippen molar-refractivity contribution >= 4 is 21.6 Å². The molecule has 0 amide bonds. The average molecular weight is 192 g/mol. The van der Waals surface area contributed by atoms with Gasteiger partial charge in [0.2, 0.25) is 0 Å². The molecule has 0 aliphatic rings. The lowest BCUT2D eigenvalue weighted by atomic mass is 10.3. The fraction of sp³-hybridized carbons (Fsp3) is 0.300. The summed E-state index contributed by atoms with van der Waals surface area (Å²) < 4.78 is 1.26. The number of rotatable bonds is 2. The Bertz CT molecular complexity index is 375. The van der Waals surface area contributed by atoms with Crippen LogP contribution in [0, 0.1) is 0 Å². The molecule has 1 atom stereocenters. The third kappa shape index (κ3) is 1.57. The molecule has 13 heavy (non-hydrogen) atoms. The van der Waals surface area contributed by atoms with Crippen LogP contribution in [-0.2, 0) is 0 Å². The first-order valence-electron chi connectivity index (χ1n) is 4.34. The van der Waals surface area contributed by atoms with Gasteiger partial charge in [0, 0.05) is 0 Å². The summed E-state index contributed by atoms with van der Waals surface area (Å²) in [6.45, 7) is 2.12. The van der Waals surface area contributed by atoms with Gasteiger partial charge in [0.25, 0.3) is 0 Å². The molecule has 0 saturated heterocycles. The minimum absolute atomic E-state index is 0.345. The summed E-state index contributed by atoms with van der Waals surface area (Å²) in [6, 6.07) is 8.58. The van der Waals surface area contributed by atoms with Gasteiger partial charge in [-0.1, -0.05) is 12.1 Å². The van der Waals surface area contributed by atoms with Gasteiger partial charge in [-0.15, -0.1) is 11.3 Å². The second-order valence-electron chi connectivity index (χ2n) is 3.03. The first-order chi connectivity index (χ1) is 6.31. The van der Waals surface area contributed by atoms with E-state index < -0.39 is 0 Å². The Morgan fingerprint density at radius 3 is 2.85 bits per heavy atom. The molecule has 0 spiro atoms. The van der Waals surface area contributed by atoms with Gasteiger partial charge >= 0.3 is 0 Å². The lowest BCUT2D eigenvalue weighted by molar-refractivity contribution is 0.649. The zero-order valence-electron chi connectivity index (χ0n) is 7.74. The lowest BCUT2D eigenvalue weighted by Crippen LogP contribution is -2.11. The Hall–Kier alpha value is -0.930. The van der Waals surface area contributed by atoms with Crippen molar-refractivity contribution in [1.82, 2.24) is 10.3 Å². The summed E-state index contributed by atoms with van der Waals surface area (Å²) >= 11 is 1.76. The van der Waals surface area contributed by atoms with Crippen molar-refractivity contribution in [2.75, 3.05) is 7.05 Å². The molecule has 0 fully saturated rings. The summed E-state index contributed by atoms with van der Waals surface area (Å²) in [5, 5.41) is 4.35. The van der Waals surface area contributed by atoms with E-state index in [1.54, 1.807) is 11.3 Å². The van der Waals surface area contributed by atoms with Crippen LogP contribution in [0.2, 0.25) is 0 Å². The van der Waals surface area contributed by atoms with Gasteiger partial charge in [-0.25, -0.2) is 4.98 Å². The SMILES string of the molecule is CNC(C)c1nc2ccccc2s1. The molecule has 1 aromatic carbocycles. The fourth-order valence-electron chi connectivity index (χ4n) is 1.20. The van der Waals surface area contributed by atoms with Gasteiger partial charge in [-0.3, -0.25) is 0 Å². The number of nitrogens with one attached hydrogen (secondary N) is 1. The molecule has 2 nitrogen and oxygen atoms in total. The van der Waals surface area contributed by atoms with Crippen molar-refractivity contribution < 1.29 is 0 Å². The van der Waals surface area contributed by atoms with Gasteiger partial charge in [0.1, 0.15) is 5.01 Å². The Kier molecular flexibility index (Phi) is 2.29. The van der Waals surface area contributed by atoms with E-state index in [2.05, 4.69) is 29.4 Å². The van der Waals surface area contributed by atoms with Crippen molar-refractivity contribution in [2.24, 2.45) is 0 Å². The molecule has 2 rings (SSSR count). The Morgan fingerprint density at radius 2 is 2.15 bits per heavy atom. The molecule has 0 aliphatic heterocycles. The number of aromatic nitrogens is 1. The molecule has 0 aliphatic carbocycles. The third-order valence-corrected chi connectivity index (χ3v) is 3.33. The maximum atomic E-state index is 4.54. The van der Waals surface area contributed by atoms with Gasteiger partial charge < -0.3 is 5.32 Å². The summed E-state index contributed by atoms with van der Waals surface area (Å²) in [7, 11) is 1.96. The molecule has 0 radical (unpaired) electrons. The average Bonchev–Trinajstić information content (AvgIpc) is 2.59. The van der Waals surface area contributed by atoms with Crippen molar-refractivity contribution in [1.29, 1.82) is 0 Å². The highest BCUT2D eigenvalue weighted by molar-refractivity contribution is 7.18. The highest BCUT2D eigenvalue weighted by atomic mass is 32.1. The van der Waals surface area contributed by atoms with Crippen LogP contribution in [0.25, 0.3) is 10.2 Å². The van der Waals surface area contributed by atoms with E-state index in [0.717, 1.165) is 10.5 Å². The predicted octanol–water partition coefficient (Wildman–Crippen LogP) is 2.58. The fourth-order valence-corrected chi connectivity index (χ4v) is 2.23. The summed E-state index contributed by atoms with van der Waals surface area (Å²) in [5.41, 5.74) is 1.10. The van der Waals surface area contributed by atoms with Crippen LogP contribution >= 0.6 is 11.3 Å². The predicted molar refractivity (Wildman–Crippen MR) is 57.1 cm³/mol. The number of para-hydroxylation sites is 1. The van der Waals surface area contributed by atoms with Crippen LogP contribution in [0.4, 0.5) is 0 Å². The van der Waals surface area contributed by atoms with E-state index in [1.165, 1.54) is 4.70 Å². The third-order valence-electron chi connectivity index (χ3n) is 2.11. The summed E-state index contributed by atoms with van der Waals surface area (Å²) in [4.78, 5) is 4.54. The van der Waals surface area contributed by atoms with Crippen molar-refractivity contribution in [2.45, 2.75) is 13.0 Å². The minimum Gasteiger partial charge on any atom is -0.311 e. The highest BCUT2D eigenvalue weighted by Crippen LogP contribution is 2.25.